The Kier molecular flexibility index (Phi) is 13.0. The zero-order valence-corrected chi connectivity index (χ0v) is 25.0. The van der Waals surface area contributed by atoms with Gasteiger partial charge in [0.05, 0.1) is 16.1 Å². The lowest BCUT2D eigenvalue weighted by molar-refractivity contribution is 0.0952. The maximum absolute atomic E-state index is 12.7. The van der Waals surface area contributed by atoms with Gasteiger partial charge in [0.2, 0.25) is 5.95 Å². The average Bonchev–Trinajstić information content (AvgIpc) is 3.57. The van der Waals surface area contributed by atoms with Gasteiger partial charge in [-0.05, 0) is 44.0 Å². The number of aromatic nitrogens is 2. The second kappa shape index (κ2) is 15.2. The highest BCUT2D eigenvalue weighted by atomic mass is 35.5. The minimum Gasteiger partial charge on any atom is -0.354 e. The van der Waals surface area contributed by atoms with Crippen molar-refractivity contribution in [1.82, 2.24) is 25.1 Å². The predicted molar refractivity (Wildman–Crippen MR) is 166 cm³/mol. The Labute approximate surface area is 251 Å². The Bertz CT molecular complexity index is 1210. The highest BCUT2D eigenvalue weighted by Crippen LogP contribution is 2.37. The molecule has 2 aliphatic rings. The van der Waals surface area contributed by atoms with Gasteiger partial charge in [-0.3, -0.25) is 9.69 Å². The number of amides is 1. The van der Waals surface area contributed by atoms with Crippen LogP contribution in [0.1, 0.15) is 29.6 Å². The van der Waals surface area contributed by atoms with Crippen LogP contribution >= 0.6 is 60.2 Å². The topological polar surface area (TPSA) is 73.4 Å². The molecular weight excluding hydrogens is 586 g/mol. The number of rotatable bonds is 10. The third kappa shape index (κ3) is 8.18. The van der Waals surface area contributed by atoms with E-state index in [1.807, 2.05) is 30.3 Å². The zero-order chi connectivity index (χ0) is 24.2. The Morgan fingerprint density at radius 1 is 1.16 bits per heavy atom. The second-order valence-corrected chi connectivity index (χ2v) is 10.7. The van der Waals surface area contributed by atoms with Crippen LogP contribution in [-0.4, -0.2) is 77.5 Å². The van der Waals surface area contributed by atoms with Crippen molar-refractivity contribution in [3.8, 4) is 10.6 Å². The molecule has 38 heavy (non-hydrogen) atoms. The number of halogens is 4. The molecule has 0 bridgehead atoms. The quantitative estimate of drug-likeness (QED) is 0.222. The van der Waals surface area contributed by atoms with E-state index in [-0.39, 0.29) is 43.1 Å². The summed E-state index contributed by atoms with van der Waals surface area (Å²) in [6.45, 7) is 11.0. The van der Waals surface area contributed by atoms with E-state index in [9.17, 15) is 4.79 Å². The van der Waals surface area contributed by atoms with Crippen LogP contribution in [0.4, 0.5) is 5.95 Å². The third-order valence-electron chi connectivity index (χ3n) is 6.48. The molecule has 2 aromatic heterocycles. The summed E-state index contributed by atoms with van der Waals surface area (Å²) in [5, 5.41) is 7.87. The van der Waals surface area contributed by atoms with Crippen molar-refractivity contribution in [3.05, 3.63) is 53.7 Å². The van der Waals surface area contributed by atoms with Crippen molar-refractivity contribution < 1.29 is 4.79 Å². The first-order valence-corrected chi connectivity index (χ1v) is 13.5. The summed E-state index contributed by atoms with van der Waals surface area (Å²) in [5.41, 5.74) is 1.39. The highest BCUT2D eigenvalue weighted by molar-refractivity contribution is 7.22. The van der Waals surface area contributed by atoms with E-state index in [1.54, 1.807) is 17.5 Å². The Morgan fingerprint density at radius 3 is 2.61 bits per heavy atom. The summed E-state index contributed by atoms with van der Waals surface area (Å²) in [4.78, 5) is 27.7. The fraction of sp³-hybridized carbons (Fsp3) is 0.423. The molecule has 0 radical (unpaired) electrons. The summed E-state index contributed by atoms with van der Waals surface area (Å²) < 4.78 is 1.04. The summed E-state index contributed by atoms with van der Waals surface area (Å²) in [5.74, 6) is 0.560. The van der Waals surface area contributed by atoms with Crippen LogP contribution in [0.15, 0.2) is 43.1 Å². The van der Waals surface area contributed by atoms with Crippen LogP contribution in [0.3, 0.4) is 0 Å². The average molecular weight is 620 g/mol. The maximum atomic E-state index is 12.7. The van der Waals surface area contributed by atoms with Crippen LogP contribution in [-0.2, 0) is 0 Å². The molecule has 208 valence electrons. The number of benzene rings is 1. The van der Waals surface area contributed by atoms with E-state index in [1.165, 1.54) is 0 Å². The van der Waals surface area contributed by atoms with Crippen molar-refractivity contribution in [2.24, 2.45) is 0 Å². The van der Waals surface area contributed by atoms with Gasteiger partial charge >= 0.3 is 0 Å². The number of carbonyl (C=O) groups excluding carboxylic acids is 1. The number of anilines is 1. The Balaban J connectivity index is 0.00000169. The first-order valence-electron chi connectivity index (χ1n) is 12.3. The first kappa shape index (κ1) is 32.6. The highest BCUT2D eigenvalue weighted by Gasteiger charge is 2.25. The number of nitrogens with one attached hydrogen (secondary N) is 2. The third-order valence-corrected chi connectivity index (χ3v) is 7.87. The molecule has 1 aromatic carbocycles. The molecular formula is C26H34Cl4N6OS. The Hall–Kier alpha value is -1.65. The molecule has 2 N–H and O–H groups in total. The van der Waals surface area contributed by atoms with Crippen molar-refractivity contribution in [1.29, 1.82) is 0 Å². The first-order chi connectivity index (χ1) is 17.1. The lowest BCUT2D eigenvalue weighted by atomic mass is 10.1. The molecule has 1 saturated heterocycles. The Morgan fingerprint density at radius 2 is 1.89 bits per heavy atom. The molecule has 0 atom stereocenters. The standard InChI is InChI=1S/C26H31ClN6OS.3ClH/c1-2-10-32-12-14-33(15-13-32)11-4-9-28-26-29-17-21(27)24(31-26)23-16-20-19(5-3-6-22(20)35-23)25(34)30-18-7-8-18;;;/h2-3,5-6,16-18H,1,4,7-15H2,(H,30,34)(H,28,29,31);3*1H. The minimum atomic E-state index is -0.0132. The lowest BCUT2D eigenvalue weighted by Crippen LogP contribution is -2.46. The van der Waals surface area contributed by atoms with E-state index in [0.29, 0.717) is 28.3 Å². The molecule has 1 saturated carbocycles. The van der Waals surface area contributed by atoms with Crippen LogP contribution in [0.25, 0.3) is 20.7 Å². The largest absolute Gasteiger partial charge is 0.354 e. The molecule has 1 aliphatic heterocycles. The minimum absolute atomic E-state index is 0. The lowest BCUT2D eigenvalue weighted by Gasteiger charge is -2.34. The molecule has 3 aromatic rings. The number of fused-ring (bicyclic) bond motifs is 1. The van der Waals surface area contributed by atoms with Crippen LogP contribution < -0.4 is 10.6 Å². The van der Waals surface area contributed by atoms with Crippen molar-refractivity contribution in [2.75, 3.05) is 51.1 Å². The number of hydrogen-bond acceptors (Lipinski definition) is 7. The van der Waals surface area contributed by atoms with E-state index >= 15 is 0 Å². The normalized spacial score (nSPS) is 15.6. The van der Waals surface area contributed by atoms with E-state index in [4.69, 9.17) is 16.6 Å². The molecule has 1 aliphatic carbocycles. The number of hydrogen-bond donors (Lipinski definition) is 2. The number of nitrogens with zero attached hydrogens (tertiary/aromatic N) is 4. The molecule has 0 spiro atoms. The molecule has 12 heteroatoms. The summed E-state index contributed by atoms with van der Waals surface area (Å²) >= 11 is 8.08. The van der Waals surface area contributed by atoms with Crippen LogP contribution in [0, 0.1) is 0 Å². The molecule has 0 unspecified atom stereocenters. The molecule has 1 amide bonds. The molecule has 5 rings (SSSR count). The van der Waals surface area contributed by atoms with Gasteiger partial charge in [-0.2, -0.15) is 0 Å². The smallest absolute Gasteiger partial charge is 0.252 e. The second-order valence-electron chi connectivity index (χ2n) is 9.18. The van der Waals surface area contributed by atoms with Crippen LogP contribution in [0.5, 0.6) is 0 Å². The fourth-order valence-corrected chi connectivity index (χ4v) is 5.71. The van der Waals surface area contributed by atoms with E-state index in [0.717, 1.165) is 80.0 Å². The van der Waals surface area contributed by atoms with Gasteiger partial charge in [-0.25, -0.2) is 9.97 Å². The van der Waals surface area contributed by atoms with Crippen molar-refractivity contribution >= 4 is 82.1 Å². The van der Waals surface area contributed by atoms with Gasteiger partial charge in [0.15, 0.2) is 0 Å². The van der Waals surface area contributed by atoms with Gasteiger partial charge in [-0.1, -0.05) is 23.7 Å². The van der Waals surface area contributed by atoms with E-state index < -0.39 is 0 Å². The molecule has 2 fully saturated rings. The van der Waals surface area contributed by atoms with Crippen molar-refractivity contribution in [3.63, 3.8) is 0 Å². The predicted octanol–water partition coefficient (Wildman–Crippen LogP) is 5.77. The number of piperazine rings is 1. The monoisotopic (exact) mass is 618 g/mol. The van der Waals surface area contributed by atoms with Gasteiger partial charge in [0.1, 0.15) is 5.69 Å². The van der Waals surface area contributed by atoms with Gasteiger partial charge in [0.25, 0.3) is 5.91 Å². The molecule has 7 nitrogen and oxygen atoms in total. The summed E-state index contributed by atoms with van der Waals surface area (Å²) in [6, 6.07) is 8.18. The fourth-order valence-electron chi connectivity index (χ4n) is 4.37. The van der Waals surface area contributed by atoms with Gasteiger partial charge < -0.3 is 15.5 Å². The number of carbonyl (C=O) groups is 1. The SMILES string of the molecule is C=CCN1CCN(CCCNc2ncc(Cl)c(-c3cc4c(C(=O)NC5CC5)cccc4s3)n2)CC1.Cl.Cl.Cl. The summed E-state index contributed by atoms with van der Waals surface area (Å²) in [7, 11) is 0. The zero-order valence-electron chi connectivity index (χ0n) is 21.0. The van der Waals surface area contributed by atoms with Gasteiger partial charge in [0, 0.05) is 61.0 Å². The number of thiophene rings is 1. The summed E-state index contributed by atoms with van der Waals surface area (Å²) in [6.07, 6.45) is 6.77. The van der Waals surface area contributed by atoms with Gasteiger partial charge in [-0.15, -0.1) is 55.1 Å². The van der Waals surface area contributed by atoms with Crippen LogP contribution in [0.2, 0.25) is 5.02 Å². The van der Waals surface area contributed by atoms with E-state index in [2.05, 4.69) is 32.0 Å². The molecule has 3 heterocycles. The maximum Gasteiger partial charge on any atom is 0.252 e. The van der Waals surface area contributed by atoms with Crippen molar-refractivity contribution in [2.45, 2.75) is 25.3 Å².